The highest BCUT2D eigenvalue weighted by Gasteiger charge is 2.08. The number of methoxy groups -OCH3 is 1. The average Bonchev–Trinajstić information content (AvgIpc) is 2.44. The van der Waals surface area contributed by atoms with Crippen LogP contribution in [-0.2, 0) is 6.54 Å². The van der Waals surface area contributed by atoms with E-state index in [0.29, 0.717) is 12.3 Å². The van der Waals surface area contributed by atoms with Crippen molar-refractivity contribution in [3.63, 3.8) is 0 Å². The van der Waals surface area contributed by atoms with E-state index in [1.807, 2.05) is 56.4 Å². The van der Waals surface area contributed by atoms with Crippen molar-refractivity contribution in [2.24, 2.45) is 0 Å². The molecule has 0 amide bonds. The molecule has 0 radical (unpaired) electrons. The maximum Gasteiger partial charge on any atom is 0.123 e. The molecule has 2 aromatic rings. The molecule has 1 N–H and O–H groups in total. The number of aromatic hydroxyl groups is 1. The second-order valence-corrected chi connectivity index (χ2v) is 4.64. The van der Waals surface area contributed by atoms with E-state index in [1.165, 1.54) is 0 Å². The Hall–Kier alpha value is -2.16. The average molecular weight is 257 g/mol. The number of hydrogen-bond donors (Lipinski definition) is 1. The summed E-state index contributed by atoms with van der Waals surface area (Å²) >= 11 is 0. The van der Waals surface area contributed by atoms with Gasteiger partial charge in [-0.05, 0) is 24.6 Å². The number of para-hydroxylation sites is 1. The van der Waals surface area contributed by atoms with Gasteiger partial charge in [-0.2, -0.15) is 0 Å². The van der Waals surface area contributed by atoms with E-state index in [1.54, 1.807) is 7.11 Å². The summed E-state index contributed by atoms with van der Waals surface area (Å²) in [5.74, 6) is 1.20. The van der Waals surface area contributed by atoms with E-state index in [4.69, 9.17) is 4.74 Å². The molecule has 3 heteroatoms. The molecule has 0 saturated heterocycles. The van der Waals surface area contributed by atoms with Crippen molar-refractivity contribution in [3.8, 4) is 11.5 Å². The highest BCUT2D eigenvalue weighted by Crippen LogP contribution is 2.26. The molecule has 0 spiro atoms. The lowest BCUT2D eigenvalue weighted by Crippen LogP contribution is -2.16. The van der Waals surface area contributed by atoms with Gasteiger partial charge in [0.15, 0.2) is 0 Å². The van der Waals surface area contributed by atoms with Crippen molar-refractivity contribution >= 4 is 5.69 Å². The van der Waals surface area contributed by atoms with Crippen LogP contribution in [0, 0.1) is 6.92 Å². The van der Waals surface area contributed by atoms with Gasteiger partial charge in [0.2, 0.25) is 0 Å². The molecule has 0 bridgehead atoms. The number of anilines is 1. The molecule has 3 nitrogen and oxygen atoms in total. The molecule has 2 aromatic carbocycles. The van der Waals surface area contributed by atoms with E-state index in [9.17, 15) is 5.11 Å². The summed E-state index contributed by atoms with van der Waals surface area (Å²) in [6, 6.07) is 13.7. The zero-order valence-electron chi connectivity index (χ0n) is 11.6. The fourth-order valence-electron chi connectivity index (χ4n) is 2.04. The number of nitrogens with zero attached hydrogens (tertiary/aromatic N) is 1. The molecule has 0 aliphatic rings. The number of benzene rings is 2. The van der Waals surface area contributed by atoms with E-state index in [0.717, 1.165) is 22.6 Å². The summed E-state index contributed by atoms with van der Waals surface area (Å²) in [7, 11) is 3.65. The minimum Gasteiger partial charge on any atom is -0.507 e. The van der Waals surface area contributed by atoms with Gasteiger partial charge in [0.05, 0.1) is 7.11 Å². The van der Waals surface area contributed by atoms with Crippen molar-refractivity contribution in [3.05, 3.63) is 53.6 Å². The molecule has 0 heterocycles. The summed E-state index contributed by atoms with van der Waals surface area (Å²) < 4.78 is 5.22. The maximum atomic E-state index is 10.0. The number of phenols is 1. The van der Waals surface area contributed by atoms with Gasteiger partial charge in [0.1, 0.15) is 11.5 Å². The maximum absolute atomic E-state index is 10.0. The summed E-state index contributed by atoms with van der Waals surface area (Å²) in [6.07, 6.45) is 0. The molecule has 0 aliphatic carbocycles. The summed E-state index contributed by atoms with van der Waals surface area (Å²) in [6.45, 7) is 2.56. The number of hydrogen-bond acceptors (Lipinski definition) is 3. The normalized spacial score (nSPS) is 10.3. The van der Waals surface area contributed by atoms with E-state index >= 15 is 0 Å². The first-order chi connectivity index (χ1) is 9.11. The zero-order valence-corrected chi connectivity index (χ0v) is 11.6. The van der Waals surface area contributed by atoms with Gasteiger partial charge in [0.25, 0.3) is 0 Å². The van der Waals surface area contributed by atoms with Crippen LogP contribution in [0.2, 0.25) is 0 Å². The fraction of sp³-hybridized carbons (Fsp3) is 0.250. The minimum absolute atomic E-state index is 0.372. The van der Waals surface area contributed by atoms with Crippen molar-refractivity contribution < 1.29 is 9.84 Å². The van der Waals surface area contributed by atoms with Crippen LogP contribution in [-0.4, -0.2) is 19.3 Å². The molecule has 19 heavy (non-hydrogen) atoms. The van der Waals surface area contributed by atoms with Crippen LogP contribution in [0.4, 0.5) is 5.69 Å². The van der Waals surface area contributed by atoms with E-state index in [-0.39, 0.29) is 0 Å². The smallest absolute Gasteiger partial charge is 0.123 e. The highest BCUT2D eigenvalue weighted by atomic mass is 16.5. The van der Waals surface area contributed by atoms with Crippen LogP contribution in [0.1, 0.15) is 11.1 Å². The fourth-order valence-corrected chi connectivity index (χ4v) is 2.04. The SMILES string of the molecule is COc1cccc(N(C)Cc2cccc(C)c2O)c1. The second kappa shape index (κ2) is 5.65. The van der Waals surface area contributed by atoms with Gasteiger partial charge < -0.3 is 14.7 Å². The van der Waals surface area contributed by atoms with Crippen molar-refractivity contribution in [1.29, 1.82) is 0 Å². The molecule has 0 aliphatic heterocycles. The second-order valence-electron chi connectivity index (χ2n) is 4.64. The van der Waals surface area contributed by atoms with Crippen LogP contribution >= 0.6 is 0 Å². The van der Waals surface area contributed by atoms with Gasteiger partial charge in [-0.1, -0.05) is 24.3 Å². The van der Waals surface area contributed by atoms with Gasteiger partial charge in [-0.15, -0.1) is 0 Å². The predicted octanol–water partition coefficient (Wildman–Crippen LogP) is 3.35. The standard InChI is InChI=1S/C16H19NO2/c1-12-6-4-7-13(16(12)18)11-17(2)14-8-5-9-15(10-14)19-3/h4-10,18H,11H2,1-3H3. The molecular formula is C16H19NO2. The van der Waals surface area contributed by atoms with Crippen LogP contribution in [0.5, 0.6) is 11.5 Å². The third kappa shape index (κ3) is 2.99. The molecule has 0 fully saturated rings. The Bertz CT molecular complexity index is 566. The summed E-state index contributed by atoms with van der Waals surface area (Å²) in [5.41, 5.74) is 2.88. The van der Waals surface area contributed by atoms with E-state index < -0.39 is 0 Å². The van der Waals surface area contributed by atoms with Crippen molar-refractivity contribution in [1.82, 2.24) is 0 Å². The molecule has 0 saturated carbocycles. The summed E-state index contributed by atoms with van der Waals surface area (Å²) in [4.78, 5) is 2.08. The molecule has 0 aromatic heterocycles. The lowest BCUT2D eigenvalue weighted by molar-refractivity contribution is 0.415. The molecule has 0 unspecified atom stereocenters. The third-order valence-electron chi connectivity index (χ3n) is 3.22. The Labute approximate surface area is 114 Å². The molecule has 100 valence electrons. The van der Waals surface area contributed by atoms with Crippen LogP contribution in [0.25, 0.3) is 0 Å². The molecular weight excluding hydrogens is 238 g/mol. The van der Waals surface area contributed by atoms with Crippen molar-refractivity contribution in [2.45, 2.75) is 13.5 Å². The van der Waals surface area contributed by atoms with Gasteiger partial charge >= 0.3 is 0 Å². The number of rotatable bonds is 4. The molecule has 2 rings (SSSR count). The quantitative estimate of drug-likeness (QED) is 0.911. The van der Waals surface area contributed by atoms with Crippen molar-refractivity contribution in [2.75, 3.05) is 19.1 Å². The number of aryl methyl sites for hydroxylation is 1. The van der Waals surface area contributed by atoms with Crippen LogP contribution in [0.15, 0.2) is 42.5 Å². The van der Waals surface area contributed by atoms with Gasteiger partial charge in [-0.25, -0.2) is 0 Å². The predicted molar refractivity (Wildman–Crippen MR) is 77.9 cm³/mol. The first-order valence-electron chi connectivity index (χ1n) is 6.24. The Kier molecular flexibility index (Phi) is 3.95. The third-order valence-corrected chi connectivity index (χ3v) is 3.22. The van der Waals surface area contributed by atoms with Crippen LogP contribution in [0.3, 0.4) is 0 Å². The zero-order chi connectivity index (χ0) is 13.8. The van der Waals surface area contributed by atoms with E-state index in [2.05, 4.69) is 4.90 Å². The lowest BCUT2D eigenvalue weighted by atomic mass is 10.1. The molecule has 0 atom stereocenters. The largest absolute Gasteiger partial charge is 0.507 e. The summed E-state index contributed by atoms with van der Waals surface area (Å²) in [5, 5.41) is 10.0. The Balaban J connectivity index is 2.20. The highest BCUT2D eigenvalue weighted by molar-refractivity contribution is 5.51. The Morgan fingerprint density at radius 2 is 1.89 bits per heavy atom. The first-order valence-corrected chi connectivity index (χ1v) is 6.24. The Morgan fingerprint density at radius 3 is 2.63 bits per heavy atom. The topological polar surface area (TPSA) is 32.7 Å². The monoisotopic (exact) mass is 257 g/mol. The number of phenolic OH excluding ortho intramolecular Hbond substituents is 1. The van der Waals surface area contributed by atoms with Crippen LogP contribution < -0.4 is 9.64 Å². The number of ether oxygens (including phenoxy) is 1. The Morgan fingerprint density at radius 1 is 1.16 bits per heavy atom. The first kappa shape index (κ1) is 13.3. The minimum atomic E-state index is 0.372. The van der Waals surface area contributed by atoms with Gasteiger partial charge in [0, 0.05) is 30.9 Å². The van der Waals surface area contributed by atoms with Gasteiger partial charge in [-0.3, -0.25) is 0 Å². The lowest BCUT2D eigenvalue weighted by Gasteiger charge is -2.21.